The van der Waals surface area contributed by atoms with E-state index in [4.69, 9.17) is 0 Å². The van der Waals surface area contributed by atoms with Gasteiger partial charge < -0.3 is 9.79 Å². The van der Waals surface area contributed by atoms with Gasteiger partial charge in [-0.25, -0.2) is 0 Å². The fourth-order valence-corrected chi connectivity index (χ4v) is 3.83. The third-order valence-corrected chi connectivity index (χ3v) is 6.00. The first kappa shape index (κ1) is 14.9. The molecule has 5 heteroatoms. The maximum Gasteiger partial charge on any atom is 0.335 e. The molecule has 0 aromatic heterocycles. The summed E-state index contributed by atoms with van der Waals surface area (Å²) in [6.45, 7) is 3.65. The van der Waals surface area contributed by atoms with Crippen LogP contribution in [0.4, 0.5) is 0 Å². The second-order valence-corrected chi connectivity index (χ2v) is 6.62. The number of hydrogen-bond donors (Lipinski definition) is 2. The summed E-state index contributed by atoms with van der Waals surface area (Å²) >= 11 is 3.36. The first-order valence-electron chi connectivity index (χ1n) is 5.62. The molecule has 0 aliphatic carbocycles. The van der Waals surface area contributed by atoms with Gasteiger partial charge in [-0.3, -0.25) is 4.57 Å². The van der Waals surface area contributed by atoms with Crippen molar-refractivity contribution >= 4 is 23.5 Å². The monoisotopic (exact) mass is 320 g/mol. The van der Waals surface area contributed by atoms with Crippen LogP contribution in [-0.4, -0.2) is 9.79 Å². The first-order chi connectivity index (χ1) is 7.91. The van der Waals surface area contributed by atoms with Gasteiger partial charge in [0.05, 0.1) is 5.16 Å². The smallest absolute Gasteiger partial charge is 0.324 e. The Bertz CT molecular complexity index is 424. The molecular formula is C12H18BrO3P. The van der Waals surface area contributed by atoms with Crippen LogP contribution in [0.5, 0.6) is 0 Å². The molecule has 0 spiro atoms. The molecule has 0 saturated carbocycles. The average Bonchev–Trinajstić information content (AvgIpc) is 2.30. The number of benzene rings is 1. The minimum Gasteiger partial charge on any atom is -0.324 e. The van der Waals surface area contributed by atoms with Gasteiger partial charge in [-0.15, -0.1) is 0 Å². The zero-order valence-corrected chi connectivity index (χ0v) is 12.5. The summed E-state index contributed by atoms with van der Waals surface area (Å²) in [5, 5.41) is -0.364. The van der Waals surface area contributed by atoms with Gasteiger partial charge in [-0.2, -0.15) is 0 Å². The molecule has 3 nitrogen and oxygen atoms in total. The fourth-order valence-electron chi connectivity index (χ4n) is 2.18. The van der Waals surface area contributed by atoms with Crippen LogP contribution in [0.25, 0.3) is 0 Å². The van der Waals surface area contributed by atoms with Crippen molar-refractivity contribution in [1.29, 1.82) is 0 Å². The van der Waals surface area contributed by atoms with Crippen LogP contribution in [-0.2, 0) is 15.1 Å². The van der Waals surface area contributed by atoms with Crippen molar-refractivity contribution in [3.63, 3.8) is 0 Å². The molecule has 1 aromatic rings. The summed E-state index contributed by atoms with van der Waals surface area (Å²) in [6, 6.07) is 7.47. The van der Waals surface area contributed by atoms with Crippen LogP contribution in [0.3, 0.4) is 0 Å². The van der Waals surface area contributed by atoms with Gasteiger partial charge in [0, 0.05) is 5.33 Å². The van der Waals surface area contributed by atoms with Crippen molar-refractivity contribution < 1.29 is 14.4 Å². The highest BCUT2D eigenvalue weighted by Gasteiger charge is 2.45. The zero-order valence-electron chi connectivity index (χ0n) is 10.1. The minimum atomic E-state index is -4.17. The highest BCUT2D eigenvalue weighted by molar-refractivity contribution is 9.08. The van der Waals surface area contributed by atoms with Gasteiger partial charge in [0.2, 0.25) is 0 Å². The summed E-state index contributed by atoms with van der Waals surface area (Å²) in [4.78, 5) is 19.3. The van der Waals surface area contributed by atoms with Crippen LogP contribution < -0.4 is 0 Å². The Morgan fingerprint density at radius 2 is 1.88 bits per heavy atom. The normalized spacial score (nSPS) is 12.8. The summed E-state index contributed by atoms with van der Waals surface area (Å²) in [5.41, 5.74) is 1.76. The molecule has 0 aliphatic heterocycles. The minimum absolute atomic E-state index is 0.430. The maximum atomic E-state index is 11.8. The molecule has 2 N–H and O–H groups in total. The lowest BCUT2D eigenvalue weighted by Crippen LogP contribution is -2.24. The summed E-state index contributed by atoms with van der Waals surface area (Å²) < 4.78 is 11.8. The lowest BCUT2D eigenvalue weighted by atomic mass is 9.92. The van der Waals surface area contributed by atoms with Crippen molar-refractivity contribution in [3.05, 3.63) is 35.4 Å². The summed E-state index contributed by atoms with van der Waals surface area (Å²) in [5.74, 6) is 0. The van der Waals surface area contributed by atoms with Gasteiger partial charge in [-0.1, -0.05) is 54.0 Å². The number of alkyl halides is 1. The average molecular weight is 321 g/mol. The SMILES string of the molecule is CCC(CC)(c1cccc(CBr)c1)P(=O)(O)O. The lowest BCUT2D eigenvalue weighted by Gasteiger charge is -2.33. The Kier molecular flexibility index (Phi) is 4.96. The molecule has 0 atom stereocenters. The van der Waals surface area contributed by atoms with E-state index in [0.717, 1.165) is 11.1 Å². The van der Waals surface area contributed by atoms with E-state index >= 15 is 0 Å². The van der Waals surface area contributed by atoms with E-state index in [-0.39, 0.29) is 0 Å². The van der Waals surface area contributed by atoms with E-state index in [1.54, 1.807) is 6.07 Å². The van der Waals surface area contributed by atoms with Gasteiger partial charge in [-0.05, 0) is 24.0 Å². The predicted molar refractivity (Wildman–Crippen MR) is 73.4 cm³/mol. The van der Waals surface area contributed by atoms with E-state index in [1.807, 2.05) is 32.0 Å². The largest absolute Gasteiger partial charge is 0.335 e. The number of halogens is 1. The van der Waals surface area contributed by atoms with Gasteiger partial charge in [0.25, 0.3) is 0 Å². The lowest BCUT2D eigenvalue weighted by molar-refractivity contribution is 0.315. The highest BCUT2D eigenvalue weighted by atomic mass is 79.9. The van der Waals surface area contributed by atoms with Crippen molar-refractivity contribution in [2.45, 2.75) is 37.2 Å². The van der Waals surface area contributed by atoms with E-state index in [1.165, 1.54) is 0 Å². The van der Waals surface area contributed by atoms with Crippen LogP contribution in [0, 0.1) is 0 Å². The highest BCUT2D eigenvalue weighted by Crippen LogP contribution is 2.60. The Balaban J connectivity index is 3.37. The molecule has 0 fully saturated rings. The van der Waals surface area contributed by atoms with E-state index < -0.39 is 12.8 Å². The Hall–Kier alpha value is -0.150. The molecule has 0 heterocycles. The third kappa shape index (κ3) is 2.82. The molecule has 0 amide bonds. The molecule has 96 valence electrons. The van der Waals surface area contributed by atoms with E-state index in [9.17, 15) is 14.4 Å². The maximum absolute atomic E-state index is 11.8. The van der Waals surface area contributed by atoms with Crippen LogP contribution in [0.1, 0.15) is 37.8 Å². The molecule has 0 radical (unpaired) electrons. The van der Waals surface area contributed by atoms with Crippen molar-refractivity contribution in [2.24, 2.45) is 0 Å². The van der Waals surface area contributed by atoms with Crippen molar-refractivity contribution in [3.8, 4) is 0 Å². The van der Waals surface area contributed by atoms with Crippen LogP contribution in [0.2, 0.25) is 0 Å². The molecule has 17 heavy (non-hydrogen) atoms. The van der Waals surface area contributed by atoms with Gasteiger partial charge in [0.15, 0.2) is 0 Å². The zero-order chi connectivity index (χ0) is 13.1. The third-order valence-electron chi connectivity index (χ3n) is 3.35. The Labute approximate surface area is 111 Å². The molecule has 0 saturated heterocycles. The predicted octanol–water partition coefficient (Wildman–Crippen LogP) is 3.77. The van der Waals surface area contributed by atoms with Crippen molar-refractivity contribution in [1.82, 2.24) is 0 Å². The summed E-state index contributed by atoms with van der Waals surface area (Å²) in [7, 11) is -4.17. The van der Waals surface area contributed by atoms with Crippen LogP contribution in [0.15, 0.2) is 24.3 Å². The van der Waals surface area contributed by atoms with E-state index in [2.05, 4.69) is 15.9 Å². The Morgan fingerprint density at radius 1 is 1.29 bits per heavy atom. The van der Waals surface area contributed by atoms with E-state index in [0.29, 0.717) is 18.2 Å². The second-order valence-electron chi connectivity index (χ2n) is 4.12. The Morgan fingerprint density at radius 3 is 2.29 bits per heavy atom. The fraction of sp³-hybridized carbons (Fsp3) is 0.500. The number of rotatable bonds is 5. The molecule has 1 rings (SSSR count). The second kappa shape index (κ2) is 5.66. The topological polar surface area (TPSA) is 57.5 Å². The quantitative estimate of drug-likeness (QED) is 0.641. The molecule has 1 aromatic carbocycles. The number of hydrogen-bond acceptors (Lipinski definition) is 1. The molecule has 0 bridgehead atoms. The van der Waals surface area contributed by atoms with Crippen LogP contribution >= 0.6 is 23.5 Å². The van der Waals surface area contributed by atoms with Crippen molar-refractivity contribution in [2.75, 3.05) is 0 Å². The molecule has 0 unspecified atom stereocenters. The first-order valence-corrected chi connectivity index (χ1v) is 8.35. The van der Waals surface area contributed by atoms with Gasteiger partial charge >= 0.3 is 7.60 Å². The van der Waals surface area contributed by atoms with Gasteiger partial charge in [0.1, 0.15) is 0 Å². The molecule has 0 aliphatic rings. The molecular weight excluding hydrogens is 303 g/mol. The standard InChI is InChI=1S/C12H18BrO3P/c1-3-12(4-2,17(14,15)16)11-7-5-6-10(8-11)9-13/h5-8H,3-4,9H2,1-2H3,(H2,14,15,16). The summed E-state index contributed by atoms with van der Waals surface area (Å²) in [6.07, 6.45) is 0.860.